The molecule has 9 aromatic carbocycles. The van der Waals surface area contributed by atoms with Gasteiger partial charge < -0.3 is 13.7 Å². The largest absolute Gasteiger partial charge is 0.456 e. The third-order valence-electron chi connectivity index (χ3n) is 10.7. The van der Waals surface area contributed by atoms with E-state index in [0.29, 0.717) is 5.89 Å². The Morgan fingerprint density at radius 2 is 1.07 bits per heavy atom. The fourth-order valence-electron chi connectivity index (χ4n) is 8.03. The molecule has 0 amide bonds. The minimum absolute atomic E-state index is 0.603. The van der Waals surface area contributed by atoms with Gasteiger partial charge in [-0.1, -0.05) is 127 Å². The molecule has 0 fully saturated rings. The second kappa shape index (κ2) is 12.6. The zero-order valence-corrected chi connectivity index (χ0v) is 29.7. The van der Waals surface area contributed by atoms with Crippen molar-refractivity contribution >= 4 is 71.6 Å². The van der Waals surface area contributed by atoms with Crippen molar-refractivity contribution in [3.8, 4) is 33.7 Å². The molecule has 11 aromatic rings. The molecule has 4 nitrogen and oxygen atoms in total. The number of aromatic nitrogens is 1. The average molecular weight is 705 g/mol. The molecule has 0 atom stereocenters. The lowest BCUT2D eigenvalue weighted by atomic mass is 9.99. The van der Waals surface area contributed by atoms with Crippen LogP contribution in [0.1, 0.15) is 0 Å². The maximum Gasteiger partial charge on any atom is 0.227 e. The molecule has 0 N–H and O–H groups in total. The lowest BCUT2D eigenvalue weighted by Gasteiger charge is -2.28. The van der Waals surface area contributed by atoms with E-state index in [1.54, 1.807) is 0 Å². The first kappa shape index (κ1) is 31.1. The standard InChI is InChI=1S/C51H32N2O2/c1-3-11-34(12-4-1)43-17-9-10-18-46(43)53(40-26-28-42-38(31-40)20-19-35-13-7-8-16-41(35)42)39-24-21-33(22-25-39)37-23-27-44-48(32-37)54-47-30-29-45-50(49(44)47)55-51(52-45)36-14-5-2-6-15-36/h1-32H. The Bertz CT molecular complexity index is 3200. The number of fused-ring (bicyclic) bond motifs is 8. The van der Waals surface area contributed by atoms with Gasteiger partial charge in [0, 0.05) is 27.9 Å². The highest BCUT2D eigenvalue weighted by molar-refractivity contribution is 6.17. The second-order valence-electron chi connectivity index (χ2n) is 13.9. The molecule has 55 heavy (non-hydrogen) atoms. The molecule has 2 heterocycles. The average Bonchev–Trinajstić information content (AvgIpc) is 3.86. The normalized spacial score (nSPS) is 11.6. The number of rotatable bonds is 6. The fraction of sp³-hybridized carbons (Fsp3) is 0. The summed E-state index contributed by atoms with van der Waals surface area (Å²) in [6.07, 6.45) is 0. The lowest BCUT2D eigenvalue weighted by Crippen LogP contribution is -2.11. The molecular weight excluding hydrogens is 673 g/mol. The summed E-state index contributed by atoms with van der Waals surface area (Å²) in [5, 5.41) is 6.90. The van der Waals surface area contributed by atoms with E-state index in [1.165, 1.54) is 27.1 Å². The van der Waals surface area contributed by atoms with Crippen molar-refractivity contribution in [3.05, 3.63) is 194 Å². The Kier molecular flexibility index (Phi) is 7.14. The molecule has 0 saturated carbocycles. The van der Waals surface area contributed by atoms with Crippen LogP contribution in [0.5, 0.6) is 0 Å². The predicted octanol–water partition coefficient (Wildman–Crippen LogP) is 14.5. The number of oxazole rings is 1. The molecule has 11 rings (SSSR count). The topological polar surface area (TPSA) is 42.4 Å². The van der Waals surface area contributed by atoms with Crippen molar-refractivity contribution in [1.29, 1.82) is 0 Å². The Hall–Kier alpha value is -7.43. The minimum Gasteiger partial charge on any atom is -0.456 e. The molecule has 0 saturated heterocycles. The zero-order valence-electron chi connectivity index (χ0n) is 29.7. The summed E-state index contributed by atoms with van der Waals surface area (Å²) >= 11 is 0. The van der Waals surface area contributed by atoms with E-state index < -0.39 is 0 Å². The van der Waals surface area contributed by atoms with E-state index in [2.05, 4.69) is 157 Å². The molecule has 0 radical (unpaired) electrons. The smallest absolute Gasteiger partial charge is 0.227 e. The van der Waals surface area contributed by atoms with E-state index in [4.69, 9.17) is 13.8 Å². The van der Waals surface area contributed by atoms with Crippen molar-refractivity contribution in [3.63, 3.8) is 0 Å². The Morgan fingerprint density at radius 3 is 1.93 bits per heavy atom. The van der Waals surface area contributed by atoms with Gasteiger partial charge in [0.15, 0.2) is 5.58 Å². The lowest BCUT2D eigenvalue weighted by molar-refractivity contribution is 0.622. The molecule has 0 aliphatic carbocycles. The van der Waals surface area contributed by atoms with Crippen molar-refractivity contribution in [2.24, 2.45) is 0 Å². The third kappa shape index (κ3) is 5.26. The summed E-state index contributed by atoms with van der Waals surface area (Å²) in [6, 6.07) is 68.3. The highest BCUT2D eigenvalue weighted by Crippen LogP contribution is 2.43. The van der Waals surface area contributed by atoms with Crippen LogP contribution < -0.4 is 4.90 Å². The van der Waals surface area contributed by atoms with Crippen molar-refractivity contribution in [2.45, 2.75) is 0 Å². The van der Waals surface area contributed by atoms with E-state index in [-0.39, 0.29) is 0 Å². The van der Waals surface area contributed by atoms with Crippen LogP contribution in [0.2, 0.25) is 0 Å². The molecule has 0 aliphatic heterocycles. The first-order chi connectivity index (χ1) is 27.2. The number of benzene rings is 9. The first-order valence-electron chi connectivity index (χ1n) is 18.5. The van der Waals surface area contributed by atoms with Gasteiger partial charge >= 0.3 is 0 Å². The van der Waals surface area contributed by atoms with Gasteiger partial charge in [0.25, 0.3) is 0 Å². The number of furan rings is 1. The molecule has 2 aromatic heterocycles. The molecule has 0 bridgehead atoms. The molecule has 0 aliphatic rings. The molecule has 0 unspecified atom stereocenters. The number of para-hydroxylation sites is 1. The van der Waals surface area contributed by atoms with Gasteiger partial charge in [0.05, 0.1) is 11.1 Å². The van der Waals surface area contributed by atoms with Crippen molar-refractivity contribution < 1.29 is 8.83 Å². The highest BCUT2D eigenvalue weighted by Gasteiger charge is 2.20. The van der Waals surface area contributed by atoms with Crippen LogP contribution >= 0.6 is 0 Å². The van der Waals surface area contributed by atoms with Crippen molar-refractivity contribution in [2.75, 3.05) is 4.90 Å². The van der Waals surface area contributed by atoms with E-state index in [0.717, 1.165) is 72.4 Å². The molecular formula is C51H32N2O2. The maximum absolute atomic E-state index is 6.44. The van der Waals surface area contributed by atoms with Gasteiger partial charge in [-0.3, -0.25) is 0 Å². The van der Waals surface area contributed by atoms with Crippen molar-refractivity contribution in [1.82, 2.24) is 4.98 Å². The van der Waals surface area contributed by atoms with Gasteiger partial charge in [0.1, 0.15) is 16.7 Å². The van der Waals surface area contributed by atoms with Crippen LogP contribution in [0, 0.1) is 0 Å². The summed E-state index contributed by atoms with van der Waals surface area (Å²) in [5.74, 6) is 0.603. The van der Waals surface area contributed by atoms with Gasteiger partial charge in [-0.2, -0.15) is 0 Å². The second-order valence-corrected chi connectivity index (χ2v) is 13.9. The third-order valence-corrected chi connectivity index (χ3v) is 10.7. The van der Waals surface area contributed by atoms with Crippen LogP contribution in [0.4, 0.5) is 17.1 Å². The van der Waals surface area contributed by atoms with Gasteiger partial charge in [0.2, 0.25) is 5.89 Å². The summed E-state index contributed by atoms with van der Waals surface area (Å²) in [4.78, 5) is 7.16. The SMILES string of the molecule is c1ccc(-c2nc3ccc4oc5cc(-c6ccc(N(c7ccc8c(ccc9ccccc98)c7)c7ccccc7-c7ccccc7)cc6)ccc5c4c3o2)cc1. The van der Waals surface area contributed by atoms with Crippen LogP contribution in [0.15, 0.2) is 203 Å². The Labute approximate surface area is 317 Å². The molecule has 4 heteroatoms. The Balaban J connectivity index is 1.01. The van der Waals surface area contributed by atoms with Crippen LogP contribution in [0.25, 0.3) is 88.3 Å². The predicted molar refractivity (Wildman–Crippen MR) is 227 cm³/mol. The molecule has 258 valence electrons. The minimum atomic E-state index is 0.603. The fourth-order valence-corrected chi connectivity index (χ4v) is 8.03. The monoisotopic (exact) mass is 704 g/mol. The van der Waals surface area contributed by atoms with Gasteiger partial charge in [-0.25, -0.2) is 4.98 Å². The highest BCUT2D eigenvalue weighted by atomic mass is 16.4. The molecule has 0 spiro atoms. The quantitative estimate of drug-likeness (QED) is 0.162. The summed E-state index contributed by atoms with van der Waals surface area (Å²) in [6.45, 7) is 0. The number of anilines is 3. The van der Waals surface area contributed by atoms with Gasteiger partial charge in [-0.15, -0.1) is 0 Å². The van der Waals surface area contributed by atoms with E-state index in [9.17, 15) is 0 Å². The Morgan fingerprint density at radius 1 is 0.400 bits per heavy atom. The zero-order chi connectivity index (χ0) is 36.3. The van der Waals surface area contributed by atoms with E-state index >= 15 is 0 Å². The van der Waals surface area contributed by atoms with Crippen LogP contribution in [-0.2, 0) is 0 Å². The number of hydrogen-bond acceptors (Lipinski definition) is 4. The summed E-state index contributed by atoms with van der Waals surface area (Å²) in [7, 11) is 0. The first-order valence-corrected chi connectivity index (χ1v) is 18.5. The van der Waals surface area contributed by atoms with Crippen LogP contribution in [0.3, 0.4) is 0 Å². The number of hydrogen-bond donors (Lipinski definition) is 0. The number of nitrogens with zero attached hydrogens (tertiary/aromatic N) is 2. The van der Waals surface area contributed by atoms with E-state index in [1.807, 2.05) is 42.5 Å². The summed E-state index contributed by atoms with van der Waals surface area (Å²) in [5.41, 5.74) is 11.9. The van der Waals surface area contributed by atoms with Crippen LogP contribution in [-0.4, -0.2) is 4.98 Å². The van der Waals surface area contributed by atoms with Gasteiger partial charge in [-0.05, 0) is 105 Å². The summed E-state index contributed by atoms with van der Waals surface area (Å²) < 4.78 is 12.8. The maximum atomic E-state index is 6.44.